The number of nitrogens with one attached hydrogen (secondary N) is 1. The van der Waals surface area contributed by atoms with Gasteiger partial charge in [0.1, 0.15) is 6.04 Å². The van der Waals surface area contributed by atoms with Gasteiger partial charge in [-0.1, -0.05) is 38.1 Å². The van der Waals surface area contributed by atoms with E-state index in [0.717, 1.165) is 5.56 Å². The average molecular weight is 306 g/mol. The van der Waals surface area contributed by atoms with Crippen LogP contribution in [-0.2, 0) is 16.0 Å². The van der Waals surface area contributed by atoms with Crippen LogP contribution in [0.5, 0.6) is 0 Å². The molecule has 1 rings (SSSR count). The molecule has 4 N–H and O–H groups in total. The van der Waals surface area contributed by atoms with E-state index in [1.54, 1.807) is 0 Å². The zero-order chi connectivity index (χ0) is 16.7. The highest BCUT2D eigenvalue weighted by Gasteiger charge is 2.24. The van der Waals surface area contributed by atoms with Gasteiger partial charge in [0.05, 0.1) is 0 Å². The molecule has 0 heterocycles. The van der Waals surface area contributed by atoms with Crippen LogP contribution in [0.15, 0.2) is 24.3 Å². The number of aliphatic carboxylic acids is 1. The van der Waals surface area contributed by atoms with Crippen molar-refractivity contribution >= 4 is 11.9 Å². The maximum atomic E-state index is 12.1. The van der Waals surface area contributed by atoms with Gasteiger partial charge in [-0.25, -0.2) is 0 Å². The molecule has 5 nitrogen and oxygen atoms in total. The van der Waals surface area contributed by atoms with Gasteiger partial charge in [-0.15, -0.1) is 0 Å². The van der Waals surface area contributed by atoms with Gasteiger partial charge >= 0.3 is 5.97 Å². The standard InChI is InChI=1S/C17H26N2O3/c1-4-19-16(20)14(10-15(18)17(21)22)9-12-5-7-13(8-6-12)11(2)3/h5-8,11,14-15H,4,9-10,18H2,1-3H3,(H,19,20)(H,21,22)/t14-,15+/m1/s1. The summed E-state index contributed by atoms with van der Waals surface area (Å²) in [6.07, 6.45) is 0.623. The summed E-state index contributed by atoms with van der Waals surface area (Å²) in [5, 5.41) is 11.7. The first-order valence-electron chi connectivity index (χ1n) is 7.70. The van der Waals surface area contributed by atoms with Crippen molar-refractivity contribution in [1.82, 2.24) is 5.32 Å². The Kier molecular flexibility index (Phi) is 7.05. The summed E-state index contributed by atoms with van der Waals surface area (Å²) in [7, 11) is 0. The molecular weight excluding hydrogens is 280 g/mol. The first-order valence-corrected chi connectivity index (χ1v) is 7.70. The smallest absolute Gasteiger partial charge is 0.320 e. The fraction of sp³-hybridized carbons (Fsp3) is 0.529. The van der Waals surface area contributed by atoms with E-state index in [-0.39, 0.29) is 12.3 Å². The summed E-state index contributed by atoms with van der Waals surface area (Å²) in [6, 6.07) is 7.06. The van der Waals surface area contributed by atoms with Crippen LogP contribution >= 0.6 is 0 Å². The molecule has 0 spiro atoms. The molecular formula is C17H26N2O3. The van der Waals surface area contributed by atoms with Crippen molar-refractivity contribution in [2.24, 2.45) is 11.7 Å². The third kappa shape index (κ3) is 5.48. The summed E-state index contributed by atoms with van der Waals surface area (Å²) < 4.78 is 0. The molecule has 0 fully saturated rings. The van der Waals surface area contributed by atoms with Gasteiger partial charge in [0.2, 0.25) is 5.91 Å². The third-order valence-electron chi connectivity index (χ3n) is 3.71. The highest BCUT2D eigenvalue weighted by Crippen LogP contribution is 2.19. The van der Waals surface area contributed by atoms with E-state index < -0.39 is 17.9 Å². The van der Waals surface area contributed by atoms with Gasteiger partial charge in [0, 0.05) is 12.5 Å². The van der Waals surface area contributed by atoms with Gasteiger partial charge in [0.15, 0.2) is 0 Å². The molecule has 1 aromatic carbocycles. The number of carboxylic acids is 1. The van der Waals surface area contributed by atoms with Crippen molar-refractivity contribution in [3.63, 3.8) is 0 Å². The Morgan fingerprint density at radius 2 is 1.82 bits per heavy atom. The highest BCUT2D eigenvalue weighted by molar-refractivity contribution is 5.80. The van der Waals surface area contributed by atoms with Crippen molar-refractivity contribution in [1.29, 1.82) is 0 Å². The van der Waals surface area contributed by atoms with E-state index in [2.05, 4.69) is 19.2 Å². The van der Waals surface area contributed by atoms with Gasteiger partial charge in [-0.05, 0) is 36.8 Å². The van der Waals surface area contributed by atoms with Crippen LogP contribution < -0.4 is 11.1 Å². The zero-order valence-corrected chi connectivity index (χ0v) is 13.5. The molecule has 1 amide bonds. The van der Waals surface area contributed by atoms with Crippen LogP contribution in [0.2, 0.25) is 0 Å². The van der Waals surface area contributed by atoms with Crippen LogP contribution in [0.3, 0.4) is 0 Å². The predicted molar refractivity (Wildman–Crippen MR) is 86.6 cm³/mol. The SMILES string of the molecule is CCNC(=O)[C@H](Cc1ccc(C(C)C)cc1)C[C@H](N)C(=O)O. The van der Waals surface area contributed by atoms with Gasteiger partial charge in [-0.3, -0.25) is 9.59 Å². The maximum absolute atomic E-state index is 12.1. The number of carboxylic acid groups (broad SMARTS) is 1. The minimum atomic E-state index is -1.08. The quantitative estimate of drug-likeness (QED) is 0.684. The maximum Gasteiger partial charge on any atom is 0.320 e. The molecule has 0 bridgehead atoms. The number of hydrogen-bond donors (Lipinski definition) is 3. The minimum absolute atomic E-state index is 0.132. The van der Waals surface area contributed by atoms with Crippen molar-refractivity contribution < 1.29 is 14.7 Å². The number of nitrogens with two attached hydrogens (primary N) is 1. The lowest BCUT2D eigenvalue weighted by Crippen LogP contribution is -2.39. The highest BCUT2D eigenvalue weighted by atomic mass is 16.4. The lowest BCUT2D eigenvalue weighted by Gasteiger charge is -2.19. The van der Waals surface area contributed by atoms with E-state index in [1.165, 1.54) is 5.56 Å². The topological polar surface area (TPSA) is 92.4 Å². The molecule has 22 heavy (non-hydrogen) atoms. The molecule has 0 saturated heterocycles. The van der Waals surface area contributed by atoms with Crippen LogP contribution in [-0.4, -0.2) is 29.6 Å². The molecule has 0 aliphatic heterocycles. The number of benzene rings is 1. The Hall–Kier alpha value is -1.88. The fourth-order valence-corrected chi connectivity index (χ4v) is 2.33. The minimum Gasteiger partial charge on any atom is -0.480 e. The third-order valence-corrected chi connectivity index (χ3v) is 3.71. The second kappa shape index (κ2) is 8.54. The molecule has 1 aromatic rings. The van der Waals surface area contributed by atoms with E-state index in [4.69, 9.17) is 10.8 Å². The lowest BCUT2D eigenvalue weighted by molar-refractivity contribution is -0.139. The normalized spacial score (nSPS) is 13.7. The van der Waals surface area contributed by atoms with Crippen LogP contribution in [0.1, 0.15) is 44.2 Å². The molecule has 2 atom stereocenters. The fourth-order valence-electron chi connectivity index (χ4n) is 2.33. The predicted octanol–water partition coefficient (Wildman–Crippen LogP) is 1.91. The molecule has 0 aliphatic rings. The molecule has 0 aliphatic carbocycles. The monoisotopic (exact) mass is 306 g/mol. The van der Waals surface area contributed by atoms with Crippen molar-refractivity contribution in [3.05, 3.63) is 35.4 Å². The van der Waals surface area contributed by atoms with Crippen molar-refractivity contribution in [2.45, 2.75) is 45.6 Å². The van der Waals surface area contributed by atoms with Crippen LogP contribution in [0.4, 0.5) is 0 Å². The first kappa shape index (κ1) is 18.2. The Morgan fingerprint density at radius 3 is 2.27 bits per heavy atom. The van der Waals surface area contributed by atoms with Gasteiger partial charge in [0.25, 0.3) is 0 Å². The molecule has 122 valence electrons. The summed E-state index contributed by atoms with van der Waals surface area (Å²) in [5.74, 6) is -1.21. The Bertz CT molecular complexity index is 497. The zero-order valence-electron chi connectivity index (χ0n) is 13.5. The van der Waals surface area contributed by atoms with Gasteiger partial charge in [-0.2, -0.15) is 0 Å². The largest absolute Gasteiger partial charge is 0.480 e. The number of rotatable bonds is 8. The molecule has 0 saturated carbocycles. The Morgan fingerprint density at radius 1 is 1.23 bits per heavy atom. The Balaban J connectivity index is 2.82. The number of carbonyl (C=O) groups excluding carboxylic acids is 1. The molecule has 5 heteroatoms. The van der Waals surface area contributed by atoms with E-state index in [1.807, 2.05) is 31.2 Å². The second-order valence-corrected chi connectivity index (χ2v) is 5.87. The first-order chi connectivity index (χ1) is 10.3. The summed E-state index contributed by atoms with van der Waals surface area (Å²) in [5.41, 5.74) is 7.84. The van der Waals surface area contributed by atoms with Crippen LogP contribution in [0.25, 0.3) is 0 Å². The van der Waals surface area contributed by atoms with Crippen molar-refractivity contribution in [2.75, 3.05) is 6.54 Å². The van der Waals surface area contributed by atoms with E-state index >= 15 is 0 Å². The molecule has 0 aromatic heterocycles. The number of amides is 1. The summed E-state index contributed by atoms with van der Waals surface area (Å²) >= 11 is 0. The number of hydrogen-bond acceptors (Lipinski definition) is 3. The lowest BCUT2D eigenvalue weighted by atomic mass is 9.91. The average Bonchev–Trinajstić information content (AvgIpc) is 2.47. The van der Waals surface area contributed by atoms with Crippen LogP contribution in [0, 0.1) is 5.92 Å². The molecule has 0 unspecified atom stereocenters. The second-order valence-electron chi connectivity index (χ2n) is 5.87. The summed E-state index contributed by atoms with van der Waals surface area (Å²) in [4.78, 5) is 23.1. The van der Waals surface area contributed by atoms with Gasteiger partial charge < -0.3 is 16.2 Å². The molecule has 0 radical (unpaired) electrons. The number of carbonyl (C=O) groups is 2. The van der Waals surface area contributed by atoms with E-state index in [0.29, 0.717) is 18.9 Å². The Labute approximate surface area is 131 Å². The summed E-state index contributed by atoms with van der Waals surface area (Å²) in [6.45, 7) is 6.60. The van der Waals surface area contributed by atoms with E-state index in [9.17, 15) is 9.59 Å². The van der Waals surface area contributed by atoms with Crippen molar-refractivity contribution in [3.8, 4) is 0 Å².